The van der Waals surface area contributed by atoms with Crippen LogP contribution in [0.4, 0.5) is 14.6 Å². The number of nitrogen functional groups attached to an aromatic ring is 1. The molecule has 4 rings (SSSR count). The van der Waals surface area contributed by atoms with Gasteiger partial charge >= 0.3 is 0 Å². The summed E-state index contributed by atoms with van der Waals surface area (Å²) in [7, 11) is 1.76. The summed E-state index contributed by atoms with van der Waals surface area (Å²) in [4.78, 5) is 12.9. The zero-order chi connectivity index (χ0) is 17.8. The number of rotatable bonds is 2. The Kier molecular flexibility index (Phi) is 3.41. The van der Waals surface area contributed by atoms with E-state index in [1.807, 2.05) is 0 Å². The molecule has 3 aromatic heterocycles. The molecule has 1 atom stereocenters. The predicted octanol–water partition coefficient (Wildman–Crippen LogP) is 2.46. The van der Waals surface area contributed by atoms with Gasteiger partial charge in [-0.1, -0.05) is 6.42 Å². The van der Waals surface area contributed by atoms with Crippen LogP contribution in [0.15, 0.2) is 23.3 Å². The van der Waals surface area contributed by atoms with E-state index in [1.165, 1.54) is 6.20 Å². The summed E-state index contributed by atoms with van der Waals surface area (Å²) in [6, 6.07) is 0.564. The number of nitrogens with one attached hydrogen (secondary N) is 1. The van der Waals surface area contributed by atoms with Crippen molar-refractivity contribution in [2.45, 2.75) is 37.6 Å². The van der Waals surface area contributed by atoms with E-state index < -0.39 is 17.5 Å². The molecule has 1 saturated carbocycles. The lowest BCUT2D eigenvalue weighted by Gasteiger charge is -2.32. The van der Waals surface area contributed by atoms with E-state index >= 15 is 0 Å². The van der Waals surface area contributed by atoms with Gasteiger partial charge in [0.05, 0.1) is 11.2 Å². The van der Waals surface area contributed by atoms with E-state index in [0.29, 0.717) is 29.6 Å². The quantitative estimate of drug-likeness (QED) is 0.744. The first-order valence-electron chi connectivity index (χ1n) is 8.15. The number of aromatic nitrogens is 5. The molecule has 3 N–H and O–H groups in total. The summed E-state index contributed by atoms with van der Waals surface area (Å²) in [6.07, 6.45) is 4.34. The maximum absolute atomic E-state index is 14.5. The summed E-state index contributed by atoms with van der Waals surface area (Å²) in [6.45, 7) is 0. The number of hydrogen-bond acceptors (Lipinski definition) is 4. The fraction of sp³-hybridized carbons (Fsp3) is 0.438. The van der Waals surface area contributed by atoms with Crippen molar-refractivity contribution in [1.82, 2.24) is 24.5 Å². The standard InChI is InChI=1S/C16H18F2N6O/c1-23-7-5-10(22-23)9-8-24(11-4-2-3-6-16(11,17)18)15(25)12-13(9)20-21-14(12)19/h5,7-8,11H,2-4,6H2,1H3,(H3,19,20,21). The molecule has 0 amide bonds. The lowest BCUT2D eigenvalue weighted by atomic mass is 9.91. The molecule has 9 heteroatoms. The average molecular weight is 348 g/mol. The molecule has 7 nitrogen and oxygen atoms in total. The van der Waals surface area contributed by atoms with Crippen LogP contribution in [0.25, 0.3) is 22.2 Å². The maximum Gasteiger partial charge on any atom is 0.268 e. The summed E-state index contributed by atoms with van der Waals surface area (Å²) >= 11 is 0. The molecule has 1 unspecified atom stereocenters. The number of fused-ring (bicyclic) bond motifs is 1. The number of H-pyrrole nitrogens is 1. The lowest BCUT2D eigenvalue weighted by molar-refractivity contribution is -0.0789. The summed E-state index contributed by atoms with van der Waals surface area (Å²) in [5.74, 6) is -2.93. The number of anilines is 1. The summed E-state index contributed by atoms with van der Waals surface area (Å²) in [5.41, 5.74) is 6.78. The average Bonchev–Trinajstić information content (AvgIpc) is 3.15. The second-order valence-corrected chi connectivity index (χ2v) is 6.51. The van der Waals surface area contributed by atoms with Crippen molar-refractivity contribution in [3.05, 3.63) is 28.8 Å². The van der Waals surface area contributed by atoms with E-state index in [-0.39, 0.29) is 24.0 Å². The first-order chi connectivity index (χ1) is 11.9. The van der Waals surface area contributed by atoms with E-state index in [1.54, 1.807) is 24.0 Å². The molecule has 0 radical (unpaired) electrons. The van der Waals surface area contributed by atoms with E-state index in [2.05, 4.69) is 15.3 Å². The lowest BCUT2D eigenvalue weighted by Crippen LogP contribution is -2.39. The molecule has 0 saturated heterocycles. The van der Waals surface area contributed by atoms with Gasteiger partial charge in [-0.3, -0.25) is 14.6 Å². The smallest absolute Gasteiger partial charge is 0.268 e. The van der Waals surface area contributed by atoms with E-state index in [0.717, 1.165) is 4.57 Å². The molecule has 1 aliphatic rings. The number of nitrogens with two attached hydrogens (primary N) is 1. The molecule has 132 valence electrons. The number of aryl methyl sites for hydroxylation is 1. The number of nitrogens with zero attached hydrogens (tertiary/aromatic N) is 4. The number of hydrogen-bond donors (Lipinski definition) is 2. The highest BCUT2D eigenvalue weighted by molar-refractivity contribution is 5.97. The minimum absolute atomic E-state index is 0.00524. The van der Waals surface area contributed by atoms with Crippen LogP contribution in [0, 0.1) is 0 Å². The van der Waals surface area contributed by atoms with Crippen LogP contribution in [0.2, 0.25) is 0 Å². The highest BCUT2D eigenvalue weighted by Gasteiger charge is 2.43. The molecule has 0 bridgehead atoms. The summed E-state index contributed by atoms with van der Waals surface area (Å²) in [5, 5.41) is 11.1. The minimum atomic E-state index is -2.93. The molecule has 1 aliphatic carbocycles. The van der Waals surface area contributed by atoms with Crippen LogP contribution in [0.3, 0.4) is 0 Å². The van der Waals surface area contributed by atoms with Gasteiger partial charge in [0.15, 0.2) is 5.82 Å². The van der Waals surface area contributed by atoms with Gasteiger partial charge < -0.3 is 10.3 Å². The van der Waals surface area contributed by atoms with Gasteiger partial charge in [-0.2, -0.15) is 10.2 Å². The van der Waals surface area contributed by atoms with Crippen LogP contribution in [-0.4, -0.2) is 30.5 Å². The maximum atomic E-state index is 14.5. The van der Waals surface area contributed by atoms with Crippen molar-refractivity contribution in [3.63, 3.8) is 0 Å². The molecule has 3 heterocycles. The molecule has 3 aromatic rings. The van der Waals surface area contributed by atoms with Gasteiger partial charge in [-0.15, -0.1) is 0 Å². The zero-order valence-corrected chi connectivity index (χ0v) is 13.7. The van der Waals surface area contributed by atoms with E-state index in [9.17, 15) is 13.6 Å². The highest BCUT2D eigenvalue weighted by Crippen LogP contribution is 2.42. The van der Waals surface area contributed by atoms with E-state index in [4.69, 9.17) is 5.73 Å². The van der Waals surface area contributed by atoms with Crippen molar-refractivity contribution in [2.24, 2.45) is 7.05 Å². The Hall–Kier alpha value is -2.71. The van der Waals surface area contributed by atoms with Crippen LogP contribution >= 0.6 is 0 Å². The Bertz CT molecular complexity index is 1000. The van der Waals surface area contributed by atoms with Crippen molar-refractivity contribution in [3.8, 4) is 11.3 Å². The fourth-order valence-corrected chi connectivity index (χ4v) is 3.56. The SMILES string of the molecule is Cn1ccc(-c2cn(C3CCCCC3(F)F)c(=O)c3c(N)n[nH]c23)n1. The fourth-order valence-electron chi connectivity index (χ4n) is 3.56. The monoisotopic (exact) mass is 348 g/mol. The Morgan fingerprint density at radius 1 is 1.40 bits per heavy atom. The first-order valence-corrected chi connectivity index (χ1v) is 8.15. The second kappa shape index (κ2) is 5.40. The molecule has 0 aromatic carbocycles. The number of pyridine rings is 1. The number of aromatic amines is 1. The topological polar surface area (TPSA) is 94.5 Å². The first kappa shape index (κ1) is 15.8. The molecular formula is C16H18F2N6O. The number of alkyl halides is 2. The minimum Gasteiger partial charge on any atom is -0.382 e. The molecule has 0 aliphatic heterocycles. The van der Waals surface area contributed by atoms with Gasteiger partial charge in [-0.25, -0.2) is 8.78 Å². The Morgan fingerprint density at radius 3 is 2.88 bits per heavy atom. The molecular weight excluding hydrogens is 330 g/mol. The van der Waals surface area contributed by atoms with Crippen LogP contribution in [0.1, 0.15) is 31.7 Å². The van der Waals surface area contributed by atoms with Gasteiger partial charge in [0.1, 0.15) is 11.4 Å². The largest absolute Gasteiger partial charge is 0.382 e. The second-order valence-electron chi connectivity index (χ2n) is 6.51. The third kappa shape index (κ3) is 2.41. The van der Waals surface area contributed by atoms with Crippen molar-refractivity contribution in [1.29, 1.82) is 0 Å². The van der Waals surface area contributed by atoms with Gasteiger partial charge in [0.25, 0.3) is 11.5 Å². The highest BCUT2D eigenvalue weighted by atomic mass is 19.3. The van der Waals surface area contributed by atoms with Gasteiger partial charge in [0, 0.05) is 31.4 Å². The van der Waals surface area contributed by atoms with Crippen molar-refractivity contribution >= 4 is 16.7 Å². The molecule has 25 heavy (non-hydrogen) atoms. The Morgan fingerprint density at radius 2 is 2.20 bits per heavy atom. The van der Waals surface area contributed by atoms with Crippen LogP contribution in [-0.2, 0) is 7.05 Å². The molecule has 1 fully saturated rings. The molecule has 0 spiro atoms. The Labute approximate surface area is 141 Å². The normalized spacial score (nSPS) is 20.2. The summed E-state index contributed by atoms with van der Waals surface area (Å²) < 4.78 is 31.7. The van der Waals surface area contributed by atoms with Crippen LogP contribution < -0.4 is 11.3 Å². The third-order valence-electron chi connectivity index (χ3n) is 4.83. The predicted molar refractivity (Wildman–Crippen MR) is 89.4 cm³/mol. The van der Waals surface area contributed by atoms with Crippen molar-refractivity contribution < 1.29 is 8.78 Å². The third-order valence-corrected chi connectivity index (χ3v) is 4.83. The van der Waals surface area contributed by atoms with Gasteiger partial charge in [0.2, 0.25) is 0 Å². The zero-order valence-electron chi connectivity index (χ0n) is 13.7. The van der Waals surface area contributed by atoms with Crippen LogP contribution in [0.5, 0.6) is 0 Å². The number of halogens is 2. The van der Waals surface area contributed by atoms with Crippen molar-refractivity contribution in [2.75, 3.05) is 5.73 Å². The van der Waals surface area contributed by atoms with Gasteiger partial charge in [-0.05, 0) is 18.9 Å². The Balaban J connectivity index is 2.00.